The molecular weight excluding hydrogens is 336 g/mol. The molecule has 2 saturated heterocycles. The molecule has 6 heteroatoms. The molecule has 2 heterocycles. The highest BCUT2D eigenvalue weighted by atomic mass is 19.2. The van der Waals surface area contributed by atoms with Crippen LogP contribution in [-0.2, 0) is 11.3 Å². The maximum Gasteiger partial charge on any atom is 0.222 e. The van der Waals surface area contributed by atoms with Gasteiger partial charge in [-0.15, -0.1) is 0 Å². The molecule has 26 heavy (non-hydrogen) atoms. The van der Waals surface area contributed by atoms with Gasteiger partial charge in [-0.3, -0.25) is 9.69 Å². The van der Waals surface area contributed by atoms with E-state index in [-0.39, 0.29) is 11.3 Å². The molecule has 1 aromatic rings. The van der Waals surface area contributed by atoms with Crippen molar-refractivity contribution in [1.82, 2.24) is 14.7 Å². The zero-order valence-corrected chi connectivity index (χ0v) is 15.8. The molecule has 0 aromatic heterocycles. The molecule has 2 aliphatic heterocycles. The summed E-state index contributed by atoms with van der Waals surface area (Å²) in [6, 6.07) is 4.38. The Kier molecular flexibility index (Phi) is 5.92. The van der Waals surface area contributed by atoms with Crippen molar-refractivity contribution in [3.05, 3.63) is 35.4 Å². The fraction of sp³-hybridized carbons (Fsp3) is 0.650. The Balaban J connectivity index is 1.57. The minimum atomic E-state index is -0.779. The Morgan fingerprint density at radius 1 is 1.15 bits per heavy atom. The van der Waals surface area contributed by atoms with Crippen LogP contribution in [0.25, 0.3) is 0 Å². The van der Waals surface area contributed by atoms with Crippen molar-refractivity contribution in [2.75, 3.05) is 46.8 Å². The van der Waals surface area contributed by atoms with E-state index < -0.39 is 11.6 Å². The third kappa shape index (κ3) is 4.41. The number of likely N-dealkylation sites (N-methyl/N-ethyl adjacent to an activating group) is 1. The van der Waals surface area contributed by atoms with Gasteiger partial charge >= 0.3 is 0 Å². The van der Waals surface area contributed by atoms with Gasteiger partial charge in [0.1, 0.15) is 0 Å². The summed E-state index contributed by atoms with van der Waals surface area (Å²) in [5.41, 5.74) is 0.615. The second-order valence-corrected chi connectivity index (χ2v) is 8.11. The van der Waals surface area contributed by atoms with Crippen LogP contribution in [0.15, 0.2) is 18.2 Å². The summed E-state index contributed by atoms with van der Waals surface area (Å²) in [6.45, 7) is 4.68. The lowest BCUT2D eigenvalue weighted by molar-refractivity contribution is -0.139. The van der Waals surface area contributed by atoms with Crippen LogP contribution in [0, 0.1) is 17.0 Å². The third-order valence-corrected chi connectivity index (χ3v) is 5.91. The number of hydrogen-bond acceptors (Lipinski definition) is 3. The normalized spacial score (nSPS) is 21.0. The van der Waals surface area contributed by atoms with Gasteiger partial charge < -0.3 is 9.80 Å². The van der Waals surface area contributed by atoms with E-state index >= 15 is 0 Å². The van der Waals surface area contributed by atoms with E-state index in [0.717, 1.165) is 58.1 Å². The maximum absolute atomic E-state index is 13.9. The van der Waals surface area contributed by atoms with Crippen molar-refractivity contribution in [3.63, 3.8) is 0 Å². The topological polar surface area (TPSA) is 26.8 Å². The number of halogens is 2. The molecule has 0 saturated carbocycles. The fourth-order valence-electron chi connectivity index (χ4n) is 4.13. The van der Waals surface area contributed by atoms with E-state index in [1.807, 2.05) is 19.0 Å². The van der Waals surface area contributed by atoms with Crippen molar-refractivity contribution >= 4 is 5.91 Å². The van der Waals surface area contributed by atoms with Crippen molar-refractivity contribution < 1.29 is 13.6 Å². The molecule has 144 valence electrons. The Morgan fingerprint density at radius 3 is 2.58 bits per heavy atom. The maximum atomic E-state index is 13.9. The molecule has 1 spiro atoms. The Morgan fingerprint density at radius 2 is 1.88 bits per heavy atom. The highest BCUT2D eigenvalue weighted by Gasteiger charge is 2.40. The van der Waals surface area contributed by atoms with Gasteiger partial charge in [0.15, 0.2) is 11.6 Å². The second kappa shape index (κ2) is 8.01. The van der Waals surface area contributed by atoms with Gasteiger partial charge in [-0.2, -0.15) is 0 Å². The van der Waals surface area contributed by atoms with Gasteiger partial charge in [0.2, 0.25) is 5.91 Å². The average molecular weight is 365 g/mol. The first-order valence-electron chi connectivity index (χ1n) is 9.46. The summed E-state index contributed by atoms with van der Waals surface area (Å²) in [5.74, 6) is -1.24. The van der Waals surface area contributed by atoms with Crippen molar-refractivity contribution in [2.45, 2.75) is 32.2 Å². The highest BCUT2D eigenvalue weighted by Crippen LogP contribution is 2.40. The van der Waals surface area contributed by atoms with E-state index in [2.05, 4.69) is 9.80 Å². The molecule has 4 nitrogen and oxygen atoms in total. The molecule has 0 radical (unpaired) electrons. The fourth-order valence-corrected chi connectivity index (χ4v) is 4.13. The van der Waals surface area contributed by atoms with Gasteiger partial charge in [0, 0.05) is 38.2 Å². The molecule has 2 aliphatic rings. The van der Waals surface area contributed by atoms with Crippen LogP contribution in [0.1, 0.15) is 31.2 Å². The number of carbonyl (C=O) groups is 1. The SMILES string of the molecule is CN(C)CCN1CC2(CCC1=O)CCN(Cc1cccc(F)c1F)CC2. The van der Waals surface area contributed by atoms with Crippen molar-refractivity contribution in [1.29, 1.82) is 0 Å². The standard InChI is InChI=1S/C20H29F2N3O/c1-23(2)12-13-25-15-20(7-6-18(25)26)8-10-24(11-9-20)14-16-4-3-5-17(21)19(16)22/h3-5H,6-15H2,1-2H3. The first kappa shape index (κ1) is 19.2. The number of likely N-dealkylation sites (tertiary alicyclic amines) is 2. The lowest BCUT2D eigenvalue weighted by atomic mass is 9.72. The number of piperidine rings is 2. The van der Waals surface area contributed by atoms with Gasteiger partial charge in [0.05, 0.1) is 0 Å². The van der Waals surface area contributed by atoms with Crippen LogP contribution in [0.3, 0.4) is 0 Å². The molecule has 1 amide bonds. The van der Waals surface area contributed by atoms with E-state index in [9.17, 15) is 13.6 Å². The van der Waals surface area contributed by atoms with Crippen LogP contribution < -0.4 is 0 Å². The molecular formula is C20H29F2N3O. The number of rotatable bonds is 5. The first-order valence-corrected chi connectivity index (χ1v) is 9.46. The summed E-state index contributed by atoms with van der Waals surface area (Å²) in [5, 5.41) is 0. The van der Waals surface area contributed by atoms with Gasteiger partial charge in [-0.1, -0.05) is 12.1 Å². The van der Waals surface area contributed by atoms with Gasteiger partial charge in [-0.25, -0.2) is 8.78 Å². The summed E-state index contributed by atoms with van der Waals surface area (Å²) in [6.07, 6.45) is 3.60. The lowest BCUT2D eigenvalue weighted by Crippen LogP contribution is -2.52. The Labute approximate surface area is 154 Å². The molecule has 3 rings (SSSR count). The minimum absolute atomic E-state index is 0.192. The van der Waals surface area contributed by atoms with Crippen LogP contribution in [-0.4, -0.2) is 67.4 Å². The second-order valence-electron chi connectivity index (χ2n) is 8.11. The molecule has 1 aromatic carbocycles. The Bertz CT molecular complexity index is 642. The van der Waals surface area contributed by atoms with E-state index in [1.165, 1.54) is 0 Å². The van der Waals surface area contributed by atoms with Crippen LogP contribution in [0.4, 0.5) is 8.78 Å². The minimum Gasteiger partial charge on any atom is -0.341 e. The van der Waals surface area contributed by atoms with Crippen molar-refractivity contribution in [2.24, 2.45) is 5.41 Å². The van der Waals surface area contributed by atoms with Crippen molar-refractivity contribution in [3.8, 4) is 0 Å². The molecule has 0 aliphatic carbocycles. The van der Waals surface area contributed by atoms with Crippen LogP contribution in [0.2, 0.25) is 0 Å². The number of nitrogens with zero attached hydrogens (tertiary/aromatic N) is 3. The lowest BCUT2D eigenvalue weighted by Gasteiger charge is -2.47. The largest absolute Gasteiger partial charge is 0.341 e. The van der Waals surface area contributed by atoms with Gasteiger partial charge in [0.25, 0.3) is 0 Å². The number of carbonyl (C=O) groups excluding carboxylic acids is 1. The number of amides is 1. The predicted molar refractivity (Wildman–Crippen MR) is 97.7 cm³/mol. The molecule has 0 N–H and O–H groups in total. The first-order chi connectivity index (χ1) is 12.4. The van der Waals surface area contributed by atoms with Gasteiger partial charge in [-0.05, 0) is 57.9 Å². The van der Waals surface area contributed by atoms with E-state index in [4.69, 9.17) is 0 Å². The Hall–Kier alpha value is -1.53. The molecule has 0 atom stereocenters. The van der Waals surface area contributed by atoms with E-state index in [0.29, 0.717) is 18.5 Å². The number of benzene rings is 1. The summed E-state index contributed by atoms with van der Waals surface area (Å²) in [4.78, 5) is 18.5. The van der Waals surface area contributed by atoms with Crippen LogP contribution in [0.5, 0.6) is 0 Å². The molecule has 0 bridgehead atoms. The van der Waals surface area contributed by atoms with Crippen LogP contribution >= 0.6 is 0 Å². The summed E-state index contributed by atoms with van der Waals surface area (Å²) >= 11 is 0. The summed E-state index contributed by atoms with van der Waals surface area (Å²) in [7, 11) is 4.04. The number of hydrogen-bond donors (Lipinski definition) is 0. The summed E-state index contributed by atoms with van der Waals surface area (Å²) < 4.78 is 27.3. The molecule has 0 unspecified atom stereocenters. The zero-order chi connectivity index (χ0) is 18.7. The predicted octanol–water partition coefficient (Wildman–Crippen LogP) is 2.73. The van der Waals surface area contributed by atoms with E-state index in [1.54, 1.807) is 12.1 Å². The smallest absolute Gasteiger partial charge is 0.222 e. The average Bonchev–Trinajstić information content (AvgIpc) is 2.62. The zero-order valence-electron chi connectivity index (χ0n) is 15.8. The third-order valence-electron chi connectivity index (χ3n) is 5.91. The monoisotopic (exact) mass is 365 g/mol. The molecule has 2 fully saturated rings. The highest BCUT2D eigenvalue weighted by molar-refractivity contribution is 5.77. The quantitative estimate of drug-likeness (QED) is 0.803.